The molecule has 1 saturated carbocycles. The summed E-state index contributed by atoms with van der Waals surface area (Å²) in [6, 6.07) is 0.347. The van der Waals surface area contributed by atoms with Crippen LogP contribution in [0.4, 0.5) is 5.82 Å². The molecule has 98 valence electrons. The number of aromatic amines is 1. The van der Waals surface area contributed by atoms with Gasteiger partial charge in [0.1, 0.15) is 5.56 Å². The molecule has 1 aromatic rings. The van der Waals surface area contributed by atoms with Crippen molar-refractivity contribution >= 4 is 17.6 Å². The average molecular weight is 251 g/mol. The Balaban J connectivity index is 1.76. The fourth-order valence-electron chi connectivity index (χ4n) is 1.64. The molecule has 0 radical (unpaired) electrons. The number of aryl methyl sites for hydroxylation is 1. The van der Waals surface area contributed by atoms with Crippen LogP contribution >= 0.6 is 0 Å². The fourth-order valence-corrected chi connectivity index (χ4v) is 1.64. The molecular formula is C11H17N5O2. The van der Waals surface area contributed by atoms with Crippen LogP contribution in [0.2, 0.25) is 0 Å². The van der Waals surface area contributed by atoms with Crippen LogP contribution in [-0.2, 0) is 4.79 Å². The van der Waals surface area contributed by atoms with Crippen LogP contribution < -0.4 is 16.4 Å². The number of nitrogens with zero attached hydrogens (tertiary/aromatic N) is 1. The smallest absolute Gasteiger partial charge is 0.256 e. The molecule has 1 aromatic heterocycles. The molecule has 0 saturated heterocycles. The molecule has 7 nitrogen and oxygen atoms in total. The molecule has 5 N–H and O–H groups in total. The summed E-state index contributed by atoms with van der Waals surface area (Å²) in [4.78, 5) is 23.2. The van der Waals surface area contributed by atoms with Gasteiger partial charge in [-0.2, -0.15) is 5.10 Å². The zero-order valence-electron chi connectivity index (χ0n) is 10.2. The minimum Gasteiger partial charge on any atom is -0.382 e. The predicted octanol–water partition coefficient (Wildman–Crippen LogP) is -0.301. The highest BCUT2D eigenvalue weighted by Gasteiger charge is 2.23. The number of hydrogen-bond acceptors (Lipinski definition) is 4. The Labute approximate surface area is 105 Å². The van der Waals surface area contributed by atoms with Gasteiger partial charge in [-0.05, 0) is 19.8 Å². The summed E-state index contributed by atoms with van der Waals surface area (Å²) >= 11 is 0. The predicted molar refractivity (Wildman–Crippen MR) is 65.9 cm³/mol. The van der Waals surface area contributed by atoms with Gasteiger partial charge in [-0.3, -0.25) is 14.7 Å². The highest BCUT2D eigenvalue weighted by atomic mass is 16.2. The van der Waals surface area contributed by atoms with Crippen molar-refractivity contribution in [1.82, 2.24) is 20.8 Å². The molecule has 0 aromatic carbocycles. The molecule has 1 heterocycles. The van der Waals surface area contributed by atoms with E-state index in [4.69, 9.17) is 5.73 Å². The fraction of sp³-hybridized carbons (Fsp3) is 0.545. The number of hydrogen-bond donors (Lipinski definition) is 4. The van der Waals surface area contributed by atoms with Crippen LogP contribution in [0.5, 0.6) is 0 Å². The maximum atomic E-state index is 11.8. The zero-order valence-corrected chi connectivity index (χ0v) is 10.2. The van der Waals surface area contributed by atoms with Gasteiger partial charge in [0.2, 0.25) is 5.91 Å². The number of nitrogen functional groups attached to an aromatic ring is 1. The Kier molecular flexibility index (Phi) is 3.50. The lowest BCUT2D eigenvalue weighted by Crippen LogP contribution is -2.32. The lowest BCUT2D eigenvalue weighted by atomic mass is 10.2. The second-order valence-electron chi connectivity index (χ2n) is 4.46. The minimum atomic E-state index is -0.307. The highest BCUT2D eigenvalue weighted by molar-refractivity contribution is 5.99. The maximum absolute atomic E-state index is 11.8. The van der Waals surface area contributed by atoms with Crippen LogP contribution in [0.25, 0.3) is 0 Å². The molecular weight excluding hydrogens is 234 g/mol. The van der Waals surface area contributed by atoms with E-state index in [0.717, 1.165) is 12.8 Å². The van der Waals surface area contributed by atoms with Crippen LogP contribution in [0.15, 0.2) is 0 Å². The third-order valence-electron chi connectivity index (χ3n) is 2.78. The molecule has 1 aliphatic rings. The summed E-state index contributed by atoms with van der Waals surface area (Å²) in [5, 5.41) is 11.9. The van der Waals surface area contributed by atoms with Crippen molar-refractivity contribution in [3.8, 4) is 0 Å². The highest BCUT2D eigenvalue weighted by Crippen LogP contribution is 2.18. The van der Waals surface area contributed by atoms with Crippen molar-refractivity contribution in [2.75, 3.05) is 12.3 Å². The molecule has 0 atom stereocenters. The summed E-state index contributed by atoms with van der Waals surface area (Å²) in [6.07, 6.45) is 2.39. The van der Waals surface area contributed by atoms with E-state index in [9.17, 15) is 9.59 Å². The van der Waals surface area contributed by atoms with Gasteiger partial charge in [0.15, 0.2) is 5.82 Å². The number of nitrogens with one attached hydrogen (secondary N) is 3. The van der Waals surface area contributed by atoms with E-state index in [1.807, 2.05) is 0 Å². The van der Waals surface area contributed by atoms with Gasteiger partial charge in [-0.15, -0.1) is 0 Å². The van der Waals surface area contributed by atoms with Crippen molar-refractivity contribution in [3.05, 3.63) is 11.3 Å². The first-order chi connectivity index (χ1) is 8.58. The third-order valence-corrected chi connectivity index (χ3v) is 2.78. The molecule has 0 aliphatic heterocycles. The van der Waals surface area contributed by atoms with Gasteiger partial charge in [-0.25, -0.2) is 0 Å². The van der Waals surface area contributed by atoms with Gasteiger partial charge >= 0.3 is 0 Å². The number of anilines is 1. The largest absolute Gasteiger partial charge is 0.382 e. The summed E-state index contributed by atoms with van der Waals surface area (Å²) in [5.74, 6) is -0.167. The first kappa shape index (κ1) is 12.4. The normalized spacial score (nSPS) is 14.3. The van der Waals surface area contributed by atoms with Gasteiger partial charge < -0.3 is 16.4 Å². The molecule has 0 bridgehead atoms. The summed E-state index contributed by atoms with van der Waals surface area (Å²) in [5.41, 5.74) is 6.53. The molecule has 0 spiro atoms. The van der Waals surface area contributed by atoms with Crippen LogP contribution in [0, 0.1) is 6.92 Å². The average Bonchev–Trinajstić information content (AvgIpc) is 3.04. The summed E-state index contributed by atoms with van der Waals surface area (Å²) in [6.45, 7) is 2.01. The Hall–Kier alpha value is -2.05. The second kappa shape index (κ2) is 5.07. The number of rotatable bonds is 5. The number of amides is 2. The monoisotopic (exact) mass is 251 g/mol. The van der Waals surface area contributed by atoms with E-state index in [1.54, 1.807) is 6.92 Å². The van der Waals surface area contributed by atoms with Crippen LogP contribution in [0.1, 0.15) is 35.3 Å². The lowest BCUT2D eigenvalue weighted by Gasteiger charge is -2.05. The van der Waals surface area contributed by atoms with E-state index in [2.05, 4.69) is 20.8 Å². The van der Waals surface area contributed by atoms with Crippen molar-refractivity contribution in [2.24, 2.45) is 0 Å². The SMILES string of the molecule is Cc1[nH]nc(N)c1C(=O)NCCC(=O)NC1CC1. The van der Waals surface area contributed by atoms with Crippen molar-refractivity contribution in [3.63, 3.8) is 0 Å². The van der Waals surface area contributed by atoms with Gasteiger partial charge in [0, 0.05) is 24.7 Å². The number of aromatic nitrogens is 2. The van der Waals surface area contributed by atoms with E-state index < -0.39 is 0 Å². The molecule has 1 aliphatic carbocycles. The topological polar surface area (TPSA) is 113 Å². The Morgan fingerprint density at radius 1 is 1.50 bits per heavy atom. The molecule has 2 rings (SSSR count). The van der Waals surface area contributed by atoms with Crippen molar-refractivity contribution < 1.29 is 9.59 Å². The second-order valence-corrected chi connectivity index (χ2v) is 4.46. The Bertz CT molecular complexity index is 444. The molecule has 7 heteroatoms. The van der Waals surface area contributed by atoms with E-state index >= 15 is 0 Å². The van der Waals surface area contributed by atoms with E-state index in [0.29, 0.717) is 23.8 Å². The molecule has 1 fully saturated rings. The van der Waals surface area contributed by atoms with Crippen LogP contribution in [0.3, 0.4) is 0 Å². The standard InChI is InChI=1S/C11H17N5O2/c1-6-9(10(12)16-15-6)11(18)13-5-4-8(17)14-7-2-3-7/h7H,2-5H2,1H3,(H,13,18)(H,14,17)(H3,12,15,16). The van der Waals surface area contributed by atoms with Crippen molar-refractivity contribution in [1.29, 1.82) is 0 Å². The van der Waals surface area contributed by atoms with Crippen LogP contribution in [-0.4, -0.2) is 34.6 Å². The van der Waals surface area contributed by atoms with E-state index in [-0.39, 0.29) is 24.1 Å². The zero-order chi connectivity index (χ0) is 13.1. The molecule has 2 amide bonds. The summed E-state index contributed by atoms with van der Waals surface area (Å²) in [7, 11) is 0. The first-order valence-electron chi connectivity index (χ1n) is 5.96. The number of carbonyl (C=O) groups is 2. The third kappa shape index (κ3) is 2.99. The number of H-pyrrole nitrogens is 1. The quantitative estimate of drug-likeness (QED) is 0.575. The minimum absolute atomic E-state index is 0.0327. The van der Waals surface area contributed by atoms with Crippen molar-refractivity contribution in [2.45, 2.75) is 32.2 Å². The Morgan fingerprint density at radius 3 is 2.78 bits per heavy atom. The van der Waals surface area contributed by atoms with Gasteiger partial charge in [0.25, 0.3) is 5.91 Å². The lowest BCUT2D eigenvalue weighted by molar-refractivity contribution is -0.121. The molecule has 18 heavy (non-hydrogen) atoms. The van der Waals surface area contributed by atoms with Gasteiger partial charge in [0.05, 0.1) is 0 Å². The summed E-state index contributed by atoms with van der Waals surface area (Å²) < 4.78 is 0. The number of carbonyl (C=O) groups excluding carboxylic acids is 2. The molecule has 0 unspecified atom stereocenters. The Morgan fingerprint density at radius 2 is 2.22 bits per heavy atom. The number of nitrogens with two attached hydrogens (primary N) is 1. The first-order valence-corrected chi connectivity index (χ1v) is 5.96. The van der Waals surface area contributed by atoms with Gasteiger partial charge in [-0.1, -0.05) is 0 Å². The van der Waals surface area contributed by atoms with E-state index in [1.165, 1.54) is 0 Å². The maximum Gasteiger partial charge on any atom is 0.256 e.